The smallest absolute Gasteiger partial charge is 0.133 e. The largest absolute Gasteiger partial charge is 0.491 e. The van der Waals surface area contributed by atoms with Crippen molar-refractivity contribution < 1.29 is 9.13 Å². The Labute approximate surface area is 91.4 Å². The Hall–Kier alpha value is -1.01. The fraction of sp³-hybridized carbons (Fsp3) is 0.273. The van der Waals surface area contributed by atoms with E-state index in [0.717, 1.165) is 0 Å². The van der Waals surface area contributed by atoms with Gasteiger partial charge in [-0.05, 0) is 41.1 Å². The molecule has 0 aliphatic rings. The summed E-state index contributed by atoms with van der Waals surface area (Å²) in [5.41, 5.74) is 0. The Morgan fingerprint density at radius 2 is 2.29 bits per heavy atom. The second-order valence-electron chi connectivity index (χ2n) is 2.60. The van der Waals surface area contributed by atoms with Gasteiger partial charge in [-0.1, -0.05) is 0 Å². The molecule has 0 atom stereocenters. The van der Waals surface area contributed by atoms with E-state index in [1.165, 1.54) is 12.1 Å². The zero-order valence-corrected chi connectivity index (χ0v) is 9.40. The molecule has 0 radical (unpaired) electrons. The highest BCUT2D eigenvalue weighted by molar-refractivity contribution is 9.10. The first kappa shape index (κ1) is 11.1. The van der Waals surface area contributed by atoms with Gasteiger partial charge in [-0.15, -0.1) is 11.8 Å². The highest BCUT2D eigenvalue weighted by atomic mass is 79.9. The van der Waals surface area contributed by atoms with E-state index in [0.29, 0.717) is 23.2 Å². The minimum atomic E-state index is -0.280. The first-order valence-electron chi connectivity index (χ1n) is 4.21. The predicted molar refractivity (Wildman–Crippen MR) is 57.7 cm³/mol. The topological polar surface area (TPSA) is 9.23 Å². The van der Waals surface area contributed by atoms with Crippen molar-refractivity contribution in [1.29, 1.82) is 0 Å². The summed E-state index contributed by atoms with van der Waals surface area (Å²) in [7, 11) is 0. The average Bonchev–Trinajstić information content (AvgIpc) is 2.15. The minimum absolute atomic E-state index is 0.280. The fourth-order valence-corrected chi connectivity index (χ4v) is 1.39. The molecule has 0 N–H and O–H groups in total. The zero-order chi connectivity index (χ0) is 10.4. The summed E-state index contributed by atoms with van der Waals surface area (Å²) < 4.78 is 18.7. The third-order valence-corrected chi connectivity index (χ3v) is 2.18. The van der Waals surface area contributed by atoms with Crippen LogP contribution in [0.1, 0.15) is 13.3 Å². The maximum atomic E-state index is 12.7. The molecule has 0 heterocycles. The molecular formula is C11H10BrFO. The third kappa shape index (κ3) is 3.39. The van der Waals surface area contributed by atoms with E-state index >= 15 is 0 Å². The van der Waals surface area contributed by atoms with Gasteiger partial charge in [-0.25, -0.2) is 4.39 Å². The lowest BCUT2D eigenvalue weighted by atomic mass is 10.3. The number of halogens is 2. The van der Waals surface area contributed by atoms with E-state index in [4.69, 9.17) is 4.74 Å². The number of benzene rings is 1. The van der Waals surface area contributed by atoms with Crippen LogP contribution in [0.4, 0.5) is 4.39 Å². The van der Waals surface area contributed by atoms with Gasteiger partial charge in [-0.2, -0.15) is 0 Å². The molecule has 14 heavy (non-hydrogen) atoms. The van der Waals surface area contributed by atoms with E-state index in [-0.39, 0.29) is 5.82 Å². The van der Waals surface area contributed by atoms with Gasteiger partial charge in [0.2, 0.25) is 0 Å². The van der Waals surface area contributed by atoms with Crippen LogP contribution in [0.15, 0.2) is 22.7 Å². The number of hydrogen-bond donors (Lipinski definition) is 0. The number of ether oxygens (including phenoxy) is 1. The normalized spacial score (nSPS) is 9.07. The first-order valence-corrected chi connectivity index (χ1v) is 5.01. The van der Waals surface area contributed by atoms with Crippen molar-refractivity contribution in [2.24, 2.45) is 0 Å². The molecule has 1 nitrogen and oxygen atoms in total. The second-order valence-corrected chi connectivity index (χ2v) is 3.45. The molecule has 0 fully saturated rings. The second kappa shape index (κ2) is 5.66. The molecule has 1 rings (SSSR count). The average molecular weight is 257 g/mol. The Bertz CT molecular complexity index is 365. The standard InChI is InChI=1S/C11H10BrFO/c1-2-3-4-7-14-11-6-5-9(13)8-10(11)12/h5-6,8H,4,7H2,1H3. The van der Waals surface area contributed by atoms with Gasteiger partial charge < -0.3 is 4.74 Å². The summed E-state index contributed by atoms with van der Waals surface area (Å²) >= 11 is 3.22. The lowest BCUT2D eigenvalue weighted by molar-refractivity contribution is 0.324. The van der Waals surface area contributed by atoms with Crippen LogP contribution in [-0.2, 0) is 0 Å². The fourth-order valence-electron chi connectivity index (χ4n) is 0.929. The molecule has 1 aromatic carbocycles. The Morgan fingerprint density at radius 3 is 2.93 bits per heavy atom. The van der Waals surface area contributed by atoms with Crippen LogP contribution in [0.2, 0.25) is 0 Å². The maximum Gasteiger partial charge on any atom is 0.133 e. The molecule has 0 bridgehead atoms. The van der Waals surface area contributed by atoms with Crippen LogP contribution in [-0.4, -0.2) is 6.61 Å². The molecule has 3 heteroatoms. The Balaban J connectivity index is 2.53. The summed E-state index contributed by atoms with van der Waals surface area (Å²) in [6, 6.07) is 4.34. The number of rotatable bonds is 3. The molecule has 0 aliphatic heterocycles. The van der Waals surface area contributed by atoms with Crippen LogP contribution in [0.25, 0.3) is 0 Å². The molecule has 0 aliphatic carbocycles. The molecule has 0 saturated heterocycles. The van der Waals surface area contributed by atoms with Gasteiger partial charge in [0.25, 0.3) is 0 Å². The molecule has 0 saturated carbocycles. The highest BCUT2D eigenvalue weighted by Crippen LogP contribution is 2.25. The number of hydrogen-bond acceptors (Lipinski definition) is 1. The Morgan fingerprint density at radius 1 is 1.50 bits per heavy atom. The summed E-state index contributed by atoms with van der Waals surface area (Å²) in [5.74, 6) is 6.02. The van der Waals surface area contributed by atoms with Crippen molar-refractivity contribution in [3.63, 3.8) is 0 Å². The van der Waals surface area contributed by atoms with E-state index in [1.807, 2.05) is 0 Å². The zero-order valence-electron chi connectivity index (χ0n) is 7.81. The first-order chi connectivity index (χ1) is 6.74. The van der Waals surface area contributed by atoms with Gasteiger partial charge in [-0.3, -0.25) is 0 Å². The molecule has 0 spiro atoms. The molecule has 74 valence electrons. The van der Waals surface area contributed by atoms with Crippen LogP contribution >= 0.6 is 15.9 Å². The van der Waals surface area contributed by atoms with Gasteiger partial charge in [0.15, 0.2) is 0 Å². The van der Waals surface area contributed by atoms with Crippen molar-refractivity contribution in [1.82, 2.24) is 0 Å². The minimum Gasteiger partial charge on any atom is -0.491 e. The van der Waals surface area contributed by atoms with E-state index in [9.17, 15) is 4.39 Å². The van der Waals surface area contributed by atoms with Crippen molar-refractivity contribution >= 4 is 15.9 Å². The lowest BCUT2D eigenvalue weighted by Crippen LogP contribution is -1.96. The van der Waals surface area contributed by atoms with Gasteiger partial charge in [0.1, 0.15) is 11.6 Å². The van der Waals surface area contributed by atoms with Crippen molar-refractivity contribution in [3.05, 3.63) is 28.5 Å². The quantitative estimate of drug-likeness (QED) is 0.595. The van der Waals surface area contributed by atoms with E-state index in [2.05, 4.69) is 27.8 Å². The summed E-state index contributed by atoms with van der Waals surface area (Å²) in [6.45, 7) is 2.30. The predicted octanol–water partition coefficient (Wildman–Crippen LogP) is 3.38. The Kier molecular flexibility index (Phi) is 4.48. The van der Waals surface area contributed by atoms with Crippen molar-refractivity contribution in [3.8, 4) is 17.6 Å². The molecule has 0 amide bonds. The van der Waals surface area contributed by atoms with Gasteiger partial charge >= 0.3 is 0 Å². The third-order valence-electron chi connectivity index (χ3n) is 1.56. The SMILES string of the molecule is CC#CCCOc1ccc(F)cc1Br. The maximum absolute atomic E-state index is 12.7. The summed E-state index contributed by atoms with van der Waals surface area (Å²) in [4.78, 5) is 0. The molecule has 0 aromatic heterocycles. The van der Waals surface area contributed by atoms with Crippen LogP contribution < -0.4 is 4.74 Å². The van der Waals surface area contributed by atoms with Crippen LogP contribution in [0, 0.1) is 17.7 Å². The lowest BCUT2D eigenvalue weighted by Gasteiger charge is -2.05. The monoisotopic (exact) mass is 256 g/mol. The van der Waals surface area contributed by atoms with E-state index in [1.54, 1.807) is 13.0 Å². The van der Waals surface area contributed by atoms with Gasteiger partial charge in [0, 0.05) is 6.42 Å². The van der Waals surface area contributed by atoms with Crippen LogP contribution in [0.3, 0.4) is 0 Å². The van der Waals surface area contributed by atoms with Crippen molar-refractivity contribution in [2.75, 3.05) is 6.61 Å². The van der Waals surface area contributed by atoms with Crippen molar-refractivity contribution in [2.45, 2.75) is 13.3 Å². The van der Waals surface area contributed by atoms with Crippen LogP contribution in [0.5, 0.6) is 5.75 Å². The molecule has 0 unspecified atom stereocenters. The highest BCUT2D eigenvalue weighted by Gasteiger charge is 2.01. The molecule has 1 aromatic rings. The van der Waals surface area contributed by atoms with E-state index < -0.39 is 0 Å². The molecular weight excluding hydrogens is 247 g/mol. The summed E-state index contributed by atoms with van der Waals surface area (Å²) in [6.07, 6.45) is 0.681. The van der Waals surface area contributed by atoms with Gasteiger partial charge in [0.05, 0.1) is 11.1 Å². The summed E-state index contributed by atoms with van der Waals surface area (Å²) in [5, 5.41) is 0.